The van der Waals surface area contributed by atoms with Crippen LogP contribution in [0.5, 0.6) is 0 Å². The van der Waals surface area contributed by atoms with E-state index in [-0.39, 0.29) is 30.5 Å². The number of rotatable bonds is 5. The van der Waals surface area contributed by atoms with E-state index in [0.717, 1.165) is 11.3 Å². The predicted molar refractivity (Wildman–Crippen MR) is 148 cm³/mol. The molecule has 0 spiro atoms. The number of hydrogen-bond acceptors (Lipinski definition) is 8. The minimum Gasteiger partial charge on any atom is -0.444 e. The van der Waals surface area contributed by atoms with Gasteiger partial charge < -0.3 is 14.7 Å². The Labute approximate surface area is 236 Å². The van der Waals surface area contributed by atoms with Crippen molar-refractivity contribution in [3.05, 3.63) is 88.4 Å². The number of aryl methyl sites for hydroxylation is 1. The van der Waals surface area contributed by atoms with E-state index in [0.29, 0.717) is 23.5 Å². The van der Waals surface area contributed by atoms with E-state index >= 15 is 4.39 Å². The maximum atomic E-state index is 16.0. The van der Waals surface area contributed by atoms with Crippen LogP contribution in [0.2, 0.25) is 0 Å². The molecule has 1 aromatic carbocycles. The molecule has 1 saturated heterocycles. The second-order valence-electron chi connectivity index (χ2n) is 11.2. The molecule has 3 aromatic heterocycles. The zero-order chi connectivity index (χ0) is 29.4. The van der Waals surface area contributed by atoms with E-state index in [4.69, 9.17) is 4.74 Å². The van der Waals surface area contributed by atoms with Crippen molar-refractivity contribution in [2.75, 3.05) is 13.1 Å². The van der Waals surface area contributed by atoms with Gasteiger partial charge in [0.25, 0.3) is 0 Å². The average molecular weight is 562 g/mol. The first-order valence-electron chi connectivity index (χ1n) is 13.3. The summed E-state index contributed by atoms with van der Waals surface area (Å²) in [6, 6.07) is 8.87. The molecule has 41 heavy (non-hydrogen) atoms. The number of hydrogen-bond donors (Lipinski definition) is 1. The lowest BCUT2D eigenvalue weighted by atomic mass is 9.85. The van der Waals surface area contributed by atoms with Crippen molar-refractivity contribution in [1.82, 2.24) is 34.4 Å². The number of alkyl halides is 1. The van der Waals surface area contributed by atoms with Crippen LogP contribution < -0.4 is 5.43 Å². The van der Waals surface area contributed by atoms with E-state index in [2.05, 4.69) is 20.2 Å². The fourth-order valence-corrected chi connectivity index (χ4v) is 4.68. The molecule has 1 fully saturated rings. The first-order valence-corrected chi connectivity index (χ1v) is 13.3. The Morgan fingerprint density at radius 3 is 2.61 bits per heavy atom. The summed E-state index contributed by atoms with van der Waals surface area (Å²) < 4.78 is 24.6. The van der Waals surface area contributed by atoms with Gasteiger partial charge in [-0.1, -0.05) is 18.2 Å². The number of carbonyl (C=O) groups excluding carboxylic acids is 1. The van der Waals surface area contributed by atoms with Gasteiger partial charge in [-0.3, -0.25) is 9.48 Å². The molecule has 12 heteroatoms. The van der Waals surface area contributed by atoms with Crippen LogP contribution in [0.4, 0.5) is 9.18 Å². The smallest absolute Gasteiger partial charge is 0.410 e. The molecule has 1 amide bonds. The molecule has 4 aromatic rings. The number of β-amino-alcohol motifs (C(OH)–C–C–N with tert-alkyl or cyclic N) is 1. The van der Waals surface area contributed by atoms with Gasteiger partial charge in [-0.25, -0.2) is 23.8 Å². The van der Waals surface area contributed by atoms with Crippen LogP contribution in [0.1, 0.15) is 44.0 Å². The number of benzene rings is 1. The minimum atomic E-state index is -2.11. The van der Waals surface area contributed by atoms with Crippen LogP contribution >= 0.6 is 0 Å². The summed E-state index contributed by atoms with van der Waals surface area (Å²) in [4.78, 5) is 34.9. The SMILES string of the molecule is Cn1cc(-n2ccc(=O)c(Cc3cccc(-c4ncc([C@@]5(F)CCN(C(=O)OC(C)(C)C)C[C@@H]5O)cn4)c3)n2)cn1. The van der Waals surface area contributed by atoms with Crippen molar-refractivity contribution in [2.24, 2.45) is 7.05 Å². The molecule has 214 valence electrons. The molecule has 2 atom stereocenters. The van der Waals surface area contributed by atoms with Crippen LogP contribution in [-0.4, -0.2) is 70.4 Å². The third kappa shape index (κ3) is 6.17. The van der Waals surface area contributed by atoms with Crippen LogP contribution in [0.15, 0.2) is 66.1 Å². The number of aliphatic hydroxyl groups is 1. The average Bonchev–Trinajstić information content (AvgIpc) is 3.37. The van der Waals surface area contributed by atoms with Crippen LogP contribution in [0.3, 0.4) is 0 Å². The van der Waals surface area contributed by atoms with Crippen molar-refractivity contribution in [1.29, 1.82) is 0 Å². The highest BCUT2D eigenvalue weighted by atomic mass is 19.1. The zero-order valence-electron chi connectivity index (χ0n) is 23.4. The molecule has 0 unspecified atom stereocenters. The highest BCUT2D eigenvalue weighted by Crippen LogP contribution is 2.37. The Morgan fingerprint density at radius 1 is 1.20 bits per heavy atom. The van der Waals surface area contributed by atoms with Crippen molar-refractivity contribution in [3.8, 4) is 17.1 Å². The molecule has 4 heterocycles. The Balaban J connectivity index is 1.30. The molecular formula is C29H32FN7O4. The minimum absolute atomic E-state index is 0.0856. The lowest BCUT2D eigenvalue weighted by Gasteiger charge is -2.40. The number of likely N-dealkylation sites (tertiary alicyclic amines) is 1. The largest absolute Gasteiger partial charge is 0.444 e. The van der Waals surface area contributed by atoms with E-state index in [1.807, 2.05) is 24.3 Å². The van der Waals surface area contributed by atoms with Crippen molar-refractivity contribution in [3.63, 3.8) is 0 Å². The molecule has 1 aliphatic heterocycles. The van der Waals surface area contributed by atoms with Gasteiger partial charge in [0.1, 0.15) is 23.1 Å². The van der Waals surface area contributed by atoms with E-state index in [9.17, 15) is 14.7 Å². The quantitative estimate of drug-likeness (QED) is 0.394. The molecule has 0 saturated carbocycles. The zero-order valence-corrected chi connectivity index (χ0v) is 23.4. The standard InChI is InChI=1S/C29H32FN7O4/c1-28(2,3)41-27(40)36-11-9-29(30,25(39)18-36)21-14-31-26(32-15-21)20-7-5-6-19(12-20)13-23-24(38)8-10-37(34-23)22-16-33-35(4)17-22/h5-8,10,12,14-17,25,39H,9,11,13,18H2,1-4H3/t25-,29-/m0/s1. The Morgan fingerprint density at radius 2 is 1.95 bits per heavy atom. The summed E-state index contributed by atoms with van der Waals surface area (Å²) in [6.45, 7) is 5.13. The predicted octanol–water partition coefficient (Wildman–Crippen LogP) is 3.18. The first kappa shape index (κ1) is 28.1. The Hall–Kier alpha value is -4.45. The van der Waals surface area contributed by atoms with Crippen LogP contribution in [0.25, 0.3) is 17.1 Å². The van der Waals surface area contributed by atoms with Gasteiger partial charge in [0, 0.05) is 62.2 Å². The molecule has 0 radical (unpaired) electrons. The number of carbonyl (C=O) groups is 1. The number of aliphatic hydroxyl groups excluding tert-OH is 1. The fraction of sp³-hybridized carbons (Fsp3) is 0.379. The lowest BCUT2D eigenvalue weighted by molar-refractivity contribution is -0.0747. The van der Waals surface area contributed by atoms with E-state index in [1.165, 1.54) is 23.4 Å². The molecule has 5 rings (SSSR count). The van der Waals surface area contributed by atoms with Gasteiger partial charge in [0.05, 0.1) is 18.9 Å². The number of piperidine rings is 1. The first-order chi connectivity index (χ1) is 19.4. The van der Waals surface area contributed by atoms with Gasteiger partial charge in [-0.05, 0) is 32.4 Å². The number of halogens is 1. The van der Waals surface area contributed by atoms with Gasteiger partial charge in [-0.2, -0.15) is 10.2 Å². The fourth-order valence-electron chi connectivity index (χ4n) is 4.68. The molecule has 11 nitrogen and oxygen atoms in total. The highest BCUT2D eigenvalue weighted by molar-refractivity contribution is 5.68. The summed E-state index contributed by atoms with van der Waals surface area (Å²) in [5.74, 6) is 0.369. The second kappa shape index (κ2) is 10.8. The van der Waals surface area contributed by atoms with Gasteiger partial charge in [0.2, 0.25) is 5.43 Å². The van der Waals surface area contributed by atoms with Crippen LogP contribution in [0, 0.1) is 0 Å². The monoisotopic (exact) mass is 561 g/mol. The van der Waals surface area contributed by atoms with Gasteiger partial charge in [0.15, 0.2) is 11.5 Å². The number of aromatic nitrogens is 6. The third-order valence-electron chi connectivity index (χ3n) is 6.84. The van der Waals surface area contributed by atoms with E-state index < -0.39 is 23.5 Å². The maximum Gasteiger partial charge on any atom is 0.410 e. The summed E-state index contributed by atoms with van der Waals surface area (Å²) >= 11 is 0. The van der Waals surface area contributed by atoms with Gasteiger partial charge in [-0.15, -0.1) is 0 Å². The molecule has 0 aliphatic carbocycles. The summed E-state index contributed by atoms with van der Waals surface area (Å²) in [5, 5.41) is 19.3. The molecular weight excluding hydrogens is 529 g/mol. The highest BCUT2D eigenvalue weighted by Gasteiger charge is 2.46. The molecule has 0 bridgehead atoms. The Kier molecular flexibility index (Phi) is 7.43. The van der Waals surface area contributed by atoms with E-state index in [1.54, 1.807) is 55.8 Å². The van der Waals surface area contributed by atoms with Crippen molar-refractivity contribution < 1.29 is 19.0 Å². The maximum absolute atomic E-state index is 16.0. The van der Waals surface area contributed by atoms with Crippen molar-refractivity contribution in [2.45, 2.75) is 51.0 Å². The number of amides is 1. The normalized spacial score (nSPS) is 19.3. The summed E-state index contributed by atoms with van der Waals surface area (Å²) in [6.07, 6.45) is 5.92. The Bertz CT molecular complexity index is 1610. The van der Waals surface area contributed by atoms with Gasteiger partial charge >= 0.3 is 6.09 Å². The second-order valence-corrected chi connectivity index (χ2v) is 11.2. The number of nitrogens with zero attached hydrogens (tertiary/aromatic N) is 7. The topological polar surface area (TPSA) is 128 Å². The lowest BCUT2D eigenvalue weighted by Crippen LogP contribution is -2.53. The third-order valence-corrected chi connectivity index (χ3v) is 6.84. The number of ether oxygens (including phenoxy) is 1. The summed E-state index contributed by atoms with van der Waals surface area (Å²) in [7, 11) is 1.80. The molecule has 1 N–H and O–H groups in total. The summed E-state index contributed by atoms with van der Waals surface area (Å²) in [5.41, 5.74) is -0.214. The molecule has 1 aliphatic rings. The van der Waals surface area contributed by atoms with Crippen molar-refractivity contribution >= 4 is 6.09 Å². The van der Waals surface area contributed by atoms with Crippen LogP contribution in [-0.2, 0) is 23.9 Å².